The van der Waals surface area contributed by atoms with Gasteiger partial charge in [0.1, 0.15) is 23.9 Å². The molecule has 4 rings (SSSR count). The van der Waals surface area contributed by atoms with E-state index in [1.807, 2.05) is 31.2 Å². The molecule has 1 saturated heterocycles. The lowest BCUT2D eigenvalue weighted by Gasteiger charge is -2.36. The number of hydrogen-bond donors (Lipinski definition) is 0. The summed E-state index contributed by atoms with van der Waals surface area (Å²) in [5.41, 5.74) is 2.96. The molecule has 5 nitrogen and oxygen atoms in total. The summed E-state index contributed by atoms with van der Waals surface area (Å²) in [7, 11) is 0. The van der Waals surface area contributed by atoms with Gasteiger partial charge in [-0.15, -0.1) is 0 Å². The third-order valence-electron chi connectivity index (χ3n) is 4.88. The van der Waals surface area contributed by atoms with E-state index in [-0.39, 0.29) is 24.4 Å². The smallest absolute Gasteiger partial charge is 0.249 e. The highest BCUT2D eigenvalue weighted by Crippen LogP contribution is 2.34. The molecule has 0 spiro atoms. The van der Waals surface area contributed by atoms with Gasteiger partial charge >= 0.3 is 0 Å². The first-order chi connectivity index (χ1) is 14.1. The molecule has 1 fully saturated rings. The normalized spacial score (nSPS) is 16.7. The first-order valence-electron chi connectivity index (χ1n) is 9.40. The van der Waals surface area contributed by atoms with Gasteiger partial charge in [0, 0.05) is 24.5 Å². The van der Waals surface area contributed by atoms with E-state index in [1.54, 1.807) is 35.5 Å². The van der Waals surface area contributed by atoms with E-state index in [0.29, 0.717) is 24.7 Å². The molecule has 0 bridgehead atoms. The van der Waals surface area contributed by atoms with Crippen molar-refractivity contribution in [3.05, 3.63) is 89.5 Å². The van der Waals surface area contributed by atoms with Crippen LogP contribution in [0.25, 0.3) is 0 Å². The Hall–Kier alpha value is -3.25. The maximum atomic E-state index is 13.2. The Balaban J connectivity index is 1.63. The number of ether oxygens (including phenoxy) is 2. The molecule has 29 heavy (non-hydrogen) atoms. The van der Waals surface area contributed by atoms with Crippen molar-refractivity contribution in [2.24, 2.45) is 0 Å². The zero-order chi connectivity index (χ0) is 20.2. The van der Waals surface area contributed by atoms with E-state index < -0.39 is 0 Å². The molecular formula is C23H21FN2O3. The lowest BCUT2D eigenvalue weighted by molar-refractivity contribution is -0.149. The van der Waals surface area contributed by atoms with Crippen LogP contribution in [0.2, 0.25) is 0 Å². The average Bonchev–Trinajstić information content (AvgIpc) is 2.73. The highest BCUT2D eigenvalue weighted by molar-refractivity contribution is 5.78. The SMILES string of the molecule is Cc1ccc(CN2C(=O)COCC2c2cnccc2Oc2ccc(F)cc2)cc1. The second-order valence-corrected chi connectivity index (χ2v) is 7.01. The average molecular weight is 392 g/mol. The number of nitrogens with zero attached hydrogens (tertiary/aromatic N) is 2. The van der Waals surface area contributed by atoms with Crippen LogP contribution in [0.3, 0.4) is 0 Å². The molecule has 1 atom stereocenters. The Morgan fingerprint density at radius 1 is 1.14 bits per heavy atom. The number of pyridine rings is 1. The Morgan fingerprint density at radius 2 is 1.90 bits per heavy atom. The van der Waals surface area contributed by atoms with E-state index in [0.717, 1.165) is 11.1 Å². The van der Waals surface area contributed by atoms with Crippen molar-refractivity contribution in [1.29, 1.82) is 0 Å². The van der Waals surface area contributed by atoms with Gasteiger partial charge < -0.3 is 14.4 Å². The highest BCUT2D eigenvalue weighted by Gasteiger charge is 2.32. The van der Waals surface area contributed by atoms with Gasteiger partial charge in [-0.2, -0.15) is 0 Å². The van der Waals surface area contributed by atoms with E-state index in [9.17, 15) is 9.18 Å². The van der Waals surface area contributed by atoms with E-state index >= 15 is 0 Å². The molecule has 1 aliphatic rings. The van der Waals surface area contributed by atoms with Gasteiger partial charge in [-0.3, -0.25) is 9.78 Å². The van der Waals surface area contributed by atoms with Crippen LogP contribution in [-0.4, -0.2) is 29.0 Å². The van der Waals surface area contributed by atoms with Crippen LogP contribution in [0, 0.1) is 12.7 Å². The Morgan fingerprint density at radius 3 is 2.66 bits per heavy atom. The van der Waals surface area contributed by atoms with Crippen LogP contribution in [0.15, 0.2) is 67.0 Å². The van der Waals surface area contributed by atoms with Crippen molar-refractivity contribution in [2.45, 2.75) is 19.5 Å². The predicted octanol–water partition coefficient (Wildman–Crippen LogP) is 4.42. The van der Waals surface area contributed by atoms with Crippen molar-refractivity contribution in [1.82, 2.24) is 9.88 Å². The summed E-state index contributed by atoms with van der Waals surface area (Å²) in [5.74, 6) is 0.650. The molecule has 1 amide bonds. The lowest BCUT2D eigenvalue weighted by Crippen LogP contribution is -2.43. The van der Waals surface area contributed by atoms with Gasteiger partial charge in [0.25, 0.3) is 0 Å². The molecule has 2 heterocycles. The minimum atomic E-state index is -0.332. The quantitative estimate of drug-likeness (QED) is 0.645. The van der Waals surface area contributed by atoms with Crippen LogP contribution in [0.1, 0.15) is 22.7 Å². The number of aromatic nitrogens is 1. The number of amides is 1. The molecule has 148 valence electrons. The molecular weight excluding hydrogens is 371 g/mol. The minimum absolute atomic E-state index is 0.0524. The van der Waals surface area contributed by atoms with Crippen molar-refractivity contribution >= 4 is 5.91 Å². The largest absolute Gasteiger partial charge is 0.457 e. The first kappa shape index (κ1) is 19.1. The molecule has 0 aliphatic carbocycles. The van der Waals surface area contributed by atoms with E-state index in [1.165, 1.54) is 17.7 Å². The molecule has 0 N–H and O–H groups in total. The van der Waals surface area contributed by atoms with Crippen LogP contribution in [0.4, 0.5) is 4.39 Å². The second kappa shape index (κ2) is 8.41. The van der Waals surface area contributed by atoms with Gasteiger partial charge in [-0.05, 0) is 42.8 Å². The maximum Gasteiger partial charge on any atom is 0.249 e. The third-order valence-corrected chi connectivity index (χ3v) is 4.88. The van der Waals surface area contributed by atoms with E-state index in [4.69, 9.17) is 9.47 Å². The Bertz CT molecular complexity index is 990. The van der Waals surface area contributed by atoms with Gasteiger partial charge in [-0.1, -0.05) is 29.8 Å². The number of rotatable bonds is 5. The molecule has 1 unspecified atom stereocenters. The fourth-order valence-corrected chi connectivity index (χ4v) is 3.32. The summed E-state index contributed by atoms with van der Waals surface area (Å²) < 4.78 is 24.7. The summed E-state index contributed by atoms with van der Waals surface area (Å²) in [6, 6.07) is 15.3. The molecule has 0 saturated carbocycles. The number of carbonyl (C=O) groups excluding carboxylic acids is 1. The molecule has 3 aromatic rings. The van der Waals surface area contributed by atoms with Crippen LogP contribution in [-0.2, 0) is 16.1 Å². The fourth-order valence-electron chi connectivity index (χ4n) is 3.32. The summed E-state index contributed by atoms with van der Waals surface area (Å²) >= 11 is 0. The summed E-state index contributed by atoms with van der Waals surface area (Å²) in [5, 5.41) is 0. The molecule has 6 heteroatoms. The standard InChI is InChI=1S/C23H21FN2O3/c1-16-2-4-17(5-3-16)13-26-21(14-28-15-23(26)27)20-12-25-11-10-22(20)29-19-8-6-18(24)7-9-19/h2-12,21H,13-15H2,1H3. The van der Waals surface area contributed by atoms with Crippen molar-refractivity contribution in [3.63, 3.8) is 0 Å². The molecule has 1 aliphatic heterocycles. The minimum Gasteiger partial charge on any atom is -0.457 e. The second-order valence-electron chi connectivity index (χ2n) is 7.01. The number of morpholine rings is 1. The van der Waals surface area contributed by atoms with Gasteiger partial charge in [-0.25, -0.2) is 4.39 Å². The number of halogens is 1. The monoisotopic (exact) mass is 392 g/mol. The van der Waals surface area contributed by atoms with Gasteiger partial charge in [0.15, 0.2) is 0 Å². The molecule has 0 radical (unpaired) electrons. The Kier molecular flexibility index (Phi) is 5.53. The van der Waals surface area contributed by atoms with Gasteiger partial charge in [0.2, 0.25) is 5.91 Å². The van der Waals surface area contributed by atoms with E-state index in [2.05, 4.69) is 4.98 Å². The number of carbonyl (C=O) groups is 1. The summed E-state index contributed by atoms with van der Waals surface area (Å²) in [6.07, 6.45) is 3.31. The first-order valence-corrected chi connectivity index (χ1v) is 9.40. The number of aryl methyl sites for hydroxylation is 1. The highest BCUT2D eigenvalue weighted by atomic mass is 19.1. The zero-order valence-corrected chi connectivity index (χ0v) is 16.0. The van der Waals surface area contributed by atoms with Crippen LogP contribution in [0.5, 0.6) is 11.5 Å². The number of benzene rings is 2. The van der Waals surface area contributed by atoms with Crippen molar-refractivity contribution in [3.8, 4) is 11.5 Å². The van der Waals surface area contributed by atoms with Crippen molar-refractivity contribution in [2.75, 3.05) is 13.2 Å². The molecule has 2 aromatic carbocycles. The summed E-state index contributed by atoms with van der Waals surface area (Å²) in [6.45, 7) is 2.90. The van der Waals surface area contributed by atoms with Crippen molar-refractivity contribution < 1.29 is 18.7 Å². The predicted molar refractivity (Wildman–Crippen MR) is 106 cm³/mol. The van der Waals surface area contributed by atoms with Crippen LogP contribution >= 0.6 is 0 Å². The summed E-state index contributed by atoms with van der Waals surface area (Å²) in [4.78, 5) is 18.7. The van der Waals surface area contributed by atoms with Crippen LogP contribution < -0.4 is 4.74 Å². The topological polar surface area (TPSA) is 51.7 Å². The van der Waals surface area contributed by atoms with Gasteiger partial charge in [0.05, 0.1) is 12.6 Å². The number of hydrogen-bond acceptors (Lipinski definition) is 4. The molecule has 1 aromatic heterocycles. The lowest BCUT2D eigenvalue weighted by atomic mass is 10.0. The maximum absolute atomic E-state index is 13.2. The Labute approximate surface area is 168 Å². The fraction of sp³-hybridized carbons (Fsp3) is 0.217. The zero-order valence-electron chi connectivity index (χ0n) is 16.0. The third kappa shape index (κ3) is 4.43.